The summed E-state index contributed by atoms with van der Waals surface area (Å²) in [4.78, 5) is 0.373. The Labute approximate surface area is 122 Å². The number of rotatable bonds is 6. The fraction of sp³-hybridized carbons (Fsp3) is 0.600. The van der Waals surface area contributed by atoms with Crippen LogP contribution >= 0.6 is 0 Å². The lowest BCUT2D eigenvalue weighted by molar-refractivity contribution is 0.391. The van der Waals surface area contributed by atoms with E-state index in [0.29, 0.717) is 4.90 Å². The van der Waals surface area contributed by atoms with E-state index < -0.39 is 15.6 Å². The Balaban J connectivity index is 3.07. The van der Waals surface area contributed by atoms with E-state index in [1.807, 2.05) is 46.8 Å². The van der Waals surface area contributed by atoms with Crippen LogP contribution in [0, 0.1) is 20.8 Å². The molecule has 0 aliphatic heterocycles. The van der Waals surface area contributed by atoms with Crippen molar-refractivity contribution in [3.8, 4) is 0 Å². The number of hydrogen-bond acceptors (Lipinski definition) is 3. The quantitative estimate of drug-likeness (QED) is 0.847. The topological polar surface area (TPSA) is 72.2 Å². The van der Waals surface area contributed by atoms with Crippen LogP contribution in [-0.4, -0.2) is 20.5 Å². The number of aryl methyl sites for hydroxylation is 3. The first-order chi connectivity index (χ1) is 9.15. The predicted octanol–water partition coefficient (Wildman–Crippen LogP) is 2.41. The highest BCUT2D eigenvalue weighted by Crippen LogP contribution is 2.22. The van der Waals surface area contributed by atoms with Crippen molar-refractivity contribution >= 4 is 10.0 Å². The Hall–Kier alpha value is -0.910. The SMILES string of the molecule is CCC(N)(CC)CNS(=O)(=O)c1c(C)cc(C)cc1C. The van der Waals surface area contributed by atoms with Gasteiger partial charge in [-0.25, -0.2) is 13.1 Å². The third-order valence-electron chi connectivity index (χ3n) is 3.90. The summed E-state index contributed by atoms with van der Waals surface area (Å²) in [5.74, 6) is 0. The standard InChI is InChI=1S/C15H26N2O2S/c1-6-15(16,7-2)10-17-20(18,19)14-12(4)8-11(3)9-13(14)5/h8-9,17H,6-7,10,16H2,1-5H3. The Morgan fingerprint density at radius 3 is 1.95 bits per heavy atom. The molecule has 0 aliphatic carbocycles. The van der Waals surface area contributed by atoms with Crippen molar-refractivity contribution in [2.45, 2.75) is 57.9 Å². The third-order valence-corrected chi connectivity index (χ3v) is 5.60. The highest BCUT2D eigenvalue weighted by molar-refractivity contribution is 7.89. The van der Waals surface area contributed by atoms with E-state index in [-0.39, 0.29) is 6.54 Å². The number of hydrogen-bond donors (Lipinski definition) is 2. The molecule has 20 heavy (non-hydrogen) atoms. The molecule has 0 spiro atoms. The third kappa shape index (κ3) is 3.81. The normalized spacial score (nSPS) is 12.7. The van der Waals surface area contributed by atoms with Gasteiger partial charge in [0.1, 0.15) is 0 Å². The van der Waals surface area contributed by atoms with Crippen molar-refractivity contribution in [2.75, 3.05) is 6.54 Å². The van der Waals surface area contributed by atoms with Gasteiger partial charge in [-0.15, -0.1) is 0 Å². The minimum atomic E-state index is -3.52. The van der Waals surface area contributed by atoms with Gasteiger partial charge < -0.3 is 5.73 Å². The molecule has 0 amide bonds. The van der Waals surface area contributed by atoms with Crippen LogP contribution < -0.4 is 10.5 Å². The summed E-state index contributed by atoms with van der Waals surface area (Å²) in [5, 5.41) is 0. The summed E-state index contributed by atoms with van der Waals surface area (Å²) < 4.78 is 27.7. The van der Waals surface area contributed by atoms with Gasteiger partial charge in [0.15, 0.2) is 0 Å². The van der Waals surface area contributed by atoms with Crippen molar-refractivity contribution < 1.29 is 8.42 Å². The lowest BCUT2D eigenvalue weighted by Crippen LogP contribution is -2.49. The fourth-order valence-electron chi connectivity index (χ4n) is 2.40. The molecule has 0 aromatic heterocycles. The molecule has 114 valence electrons. The lowest BCUT2D eigenvalue weighted by Gasteiger charge is -2.27. The van der Waals surface area contributed by atoms with Gasteiger partial charge in [0.25, 0.3) is 0 Å². The molecular weight excluding hydrogens is 272 g/mol. The maximum absolute atomic E-state index is 12.5. The summed E-state index contributed by atoms with van der Waals surface area (Å²) >= 11 is 0. The van der Waals surface area contributed by atoms with Crippen LogP contribution in [0.3, 0.4) is 0 Å². The van der Waals surface area contributed by atoms with Crippen LogP contribution in [0.1, 0.15) is 43.4 Å². The van der Waals surface area contributed by atoms with Gasteiger partial charge in [0, 0.05) is 12.1 Å². The molecule has 0 heterocycles. The molecule has 1 rings (SSSR count). The molecule has 0 fully saturated rings. The summed E-state index contributed by atoms with van der Waals surface area (Å²) in [6, 6.07) is 3.77. The summed E-state index contributed by atoms with van der Waals surface area (Å²) in [6.07, 6.45) is 1.47. The molecule has 4 nitrogen and oxygen atoms in total. The molecule has 0 aliphatic rings. The monoisotopic (exact) mass is 298 g/mol. The van der Waals surface area contributed by atoms with E-state index in [4.69, 9.17) is 5.73 Å². The zero-order chi connectivity index (χ0) is 15.6. The summed E-state index contributed by atoms with van der Waals surface area (Å²) in [6.45, 7) is 9.81. The van der Waals surface area contributed by atoms with E-state index in [1.165, 1.54) is 0 Å². The second-order valence-corrected chi connectivity index (χ2v) is 7.33. The molecule has 0 unspecified atom stereocenters. The molecule has 0 atom stereocenters. The fourth-order valence-corrected chi connectivity index (χ4v) is 3.99. The Kier molecular flexibility index (Phi) is 5.35. The number of nitrogens with two attached hydrogens (primary N) is 1. The maximum atomic E-state index is 12.5. The first-order valence-electron chi connectivity index (χ1n) is 7.01. The van der Waals surface area contributed by atoms with Gasteiger partial charge >= 0.3 is 0 Å². The van der Waals surface area contributed by atoms with Crippen LogP contribution in [0.25, 0.3) is 0 Å². The minimum absolute atomic E-state index is 0.259. The number of sulfonamides is 1. The molecular formula is C15H26N2O2S. The Morgan fingerprint density at radius 2 is 1.55 bits per heavy atom. The van der Waals surface area contributed by atoms with Crippen molar-refractivity contribution in [3.05, 3.63) is 28.8 Å². The summed E-state index contributed by atoms with van der Waals surface area (Å²) in [5.41, 5.74) is 8.27. The van der Waals surface area contributed by atoms with Gasteiger partial charge in [-0.2, -0.15) is 0 Å². The molecule has 3 N–H and O–H groups in total. The van der Waals surface area contributed by atoms with Crippen molar-refractivity contribution in [1.29, 1.82) is 0 Å². The highest BCUT2D eigenvalue weighted by Gasteiger charge is 2.25. The first-order valence-corrected chi connectivity index (χ1v) is 8.50. The van der Waals surface area contributed by atoms with Crippen molar-refractivity contribution in [1.82, 2.24) is 4.72 Å². The zero-order valence-electron chi connectivity index (χ0n) is 13.1. The molecule has 0 radical (unpaired) electrons. The average molecular weight is 298 g/mol. The molecule has 1 aromatic carbocycles. The largest absolute Gasteiger partial charge is 0.324 e. The van der Waals surface area contributed by atoms with E-state index in [9.17, 15) is 8.42 Å². The van der Waals surface area contributed by atoms with Gasteiger partial charge in [-0.05, 0) is 44.7 Å². The van der Waals surface area contributed by atoms with Crippen LogP contribution in [-0.2, 0) is 10.0 Å². The zero-order valence-corrected chi connectivity index (χ0v) is 13.9. The van der Waals surface area contributed by atoms with E-state index in [1.54, 1.807) is 0 Å². The number of nitrogens with one attached hydrogen (secondary N) is 1. The van der Waals surface area contributed by atoms with E-state index in [0.717, 1.165) is 29.5 Å². The number of benzene rings is 1. The Bertz CT molecular complexity index is 553. The smallest absolute Gasteiger partial charge is 0.241 e. The van der Waals surface area contributed by atoms with Gasteiger partial charge in [0.2, 0.25) is 10.0 Å². The van der Waals surface area contributed by atoms with Gasteiger partial charge in [-0.3, -0.25) is 0 Å². The molecule has 0 saturated carbocycles. The lowest BCUT2D eigenvalue weighted by atomic mass is 9.95. The second kappa shape index (κ2) is 6.24. The highest BCUT2D eigenvalue weighted by atomic mass is 32.2. The van der Waals surface area contributed by atoms with E-state index in [2.05, 4.69) is 4.72 Å². The van der Waals surface area contributed by atoms with Crippen molar-refractivity contribution in [3.63, 3.8) is 0 Å². The average Bonchev–Trinajstić information content (AvgIpc) is 2.34. The summed E-state index contributed by atoms with van der Waals surface area (Å²) in [7, 11) is -3.52. The Morgan fingerprint density at radius 1 is 1.10 bits per heavy atom. The van der Waals surface area contributed by atoms with Crippen LogP contribution in [0.2, 0.25) is 0 Å². The molecule has 0 saturated heterocycles. The minimum Gasteiger partial charge on any atom is -0.324 e. The van der Waals surface area contributed by atoms with Gasteiger partial charge in [0.05, 0.1) is 4.90 Å². The molecule has 0 bridgehead atoms. The first kappa shape index (κ1) is 17.1. The molecule has 1 aromatic rings. The molecule has 5 heteroatoms. The predicted molar refractivity (Wildman–Crippen MR) is 83.3 cm³/mol. The van der Waals surface area contributed by atoms with Crippen LogP contribution in [0.15, 0.2) is 17.0 Å². The van der Waals surface area contributed by atoms with Crippen molar-refractivity contribution in [2.24, 2.45) is 5.73 Å². The van der Waals surface area contributed by atoms with Crippen LogP contribution in [0.4, 0.5) is 0 Å². The maximum Gasteiger partial charge on any atom is 0.241 e. The second-order valence-electron chi connectivity index (χ2n) is 5.62. The van der Waals surface area contributed by atoms with Gasteiger partial charge in [-0.1, -0.05) is 31.5 Å². The van der Waals surface area contributed by atoms with E-state index >= 15 is 0 Å². The van der Waals surface area contributed by atoms with Crippen LogP contribution in [0.5, 0.6) is 0 Å².